The number of hydrogen-bond acceptors (Lipinski definition) is 8. The van der Waals surface area contributed by atoms with Gasteiger partial charge in [0.15, 0.2) is 0 Å². The van der Waals surface area contributed by atoms with Gasteiger partial charge in [0.25, 0.3) is 11.8 Å². The second-order valence-electron chi connectivity index (χ2n) is 12.8. The normalized spacial score (nSPS) is 21.4. The Hall–Kier alpha value is -4.63. The van der Waals surface area contributed by atoms with Gasteiger partial charge in [0, 0.05) is 13.1 Å². The summed E-state index contributed by atoms with van der Waals surface area (Å²) in [4.78, 5) is 42.0. The SMILES string of the molecule is Cc1ccc(C2CC(C3CCN(C(=O)c4nn5c(C)ncc5s4)C3c3ccc(C(F)(F)F)cc3)CN2C(=O)c2nn3c(C)ncc3s2)cc1. The van der Waals surface area contributed by atoms with E-state index in [1.807, 2.05) is 43.0 Å². The van der Waals surface area contributed by atoms with Gasteiger partial charge in [0.2, 0.25) is 10.0 Å². The van der Waals surface area contributed by atoms with Gasteiger partial charge in [-0.3, -0.25) is 9.59 Å². The number of hydrogen-bond donors (Lipinski definition) is 0. The van der Waals surface area contributed by atoms with Gasteiger partial charge >= 0.3 is 6.18 Å². The first-order valence-electron chi connectivity index (χ1n) is 15.9. The Kier molecular flexibility index (Phi) is 7.59. The molecule has 0 spiro atoms. The molecule has 2 amide bonds. The number of imidazole rings is 2. The number of aryl methyl sites for hydroxylation is 3. The van der Waals surface area contributed by atoms with Gasteiger partial charge in [-0.15, -0.1) is 10.2 Å². The highest BCUT2D eigenvalue weighted by atomic mass is 32.1. The van der Waals surface area contributed by atoms with Crippen molar-refractivity contribution >= 4 is 44.1 Å². The van der Waals surface area contributed by atoms with Crippen molar-refractivity contribution in [3.8, 4) is 0 Å². The first-order chi connectivity index (χ1) is 23.5. The Morgan fingerprint density at radius 3 is 1.88 bits per heavy atom. The molecule has 0 N–H and O–H groups in total. The molecule has 2 aliphatic heterocycles. The summed E-state index contributed by atoms with van der Waals surface area (Å²) < 4.78 is 44.0. The largest absolute Gasteiger partial charge is 0.416 e. The molecule has 49 heavy (non-hydrogen) atoms. The molecule has 252 valence electrons. The van der Waals surface area contributed by atoms with E-state index in [0.717, 1.165) is 32.9 Å². The fourth-order valence-corrected chi connectivity index (χ4v) is 9.18. The summed E-state index contributed by atoms with van der Waals surface area (Å²) in [5.41, 5.74) is 1.98. The minimum Gasteiger partial charge on any atom is -0.329 e. The fourth-order valence-electron chi connectivity index (χ4n) is 7.40. The van der Waals surface area contributed by atoms with Crippen LogP contribution in [0.15, 0.2) is 60.9 Å². The lowest BCUT2D eigenvalue weighted by molar-refractivity contribution is -0.137. The number of rotatable bonds is 5. The molecule has 0 aliphatic carbocycles. The number of carbonyl (C=O) groups excluding carboxylic acids is 2. The molecule has 2 aromatic carbocycles. The second kappa shape index (κ2) is 11.8. The zero-order valence-corrected chi connectivity index (χ0v) is 28.4. The van der Waals surface area contributed by atoms with Crippen molar-refractivity contribution in [3.63, 3.8) is 0 Å². The number of likely N-dealkylation sites (tertiary alicyclic amines) is 2. The second-order valence-corrected chi connectivity index (χ2v) is 14.8. The molecular weight excluding hydrogens is 674 g/mol. The van der Waals surface area contributed by atoms with E-state index < -0.39 is 17.8 Å². The molecule has 15 heteroatoms. The van der Waals surface area contributed by atoms with Crippen molar-refractivity contribution in [2.24, 2.45) is 11.8 Å². The number of nitrogens with zero attached hydrogens (tertiary/aromatic N) is 8. The number of carbonyl (C=O) groups is 2. The predicted molar refractivity (Wildman–Crippen MR) is 178 cm³/mol. The van der Waals surface area contributed by atoms with Gasteiger partial charge < -0.3 is 9.80 Å². The summed E-state index contributed by atoms with van der Waals surface area (Å²) in [6, 6.07) is 12.5. The van der Waals surface area contributed by atoms with Crippen molar-refractivity contribution in [2.75, 3.05) is 13.1 Å². The van der Waals surface area contributed by atoms with E-state index in [1.165, 1.54) is 34.8 Å². The lowest BCUT2D eigenvalue weighted by atomic mass is 9.81. The molecule has 0 bridgehead atoms. The average Bonchev–Trinajstić information content (AvgIpc) is 3.93. The maximum atomic E-state index is 14.2. The molecule has 2 fully saturated rings. The van der Waals surface area contributed by atoms with Crippen molar-refractivity contribution in [3.05, 3.63) is 105 Å². The third-order valence-corrected chi connectivity index (χ3v) is 11.7. The van der Waals surface area contributed by atoms with Gasteiger partial charge in [-0.05, 0) is 68.7 Å². The van der Waals surface area contributed by atoms with E-state index in [4.69, 9.17) is 0 Å². The standard InChI is InChI=1S/C34H31F3N8O2S2/c1-18-4-6-21(7-5-18)26-14-23(17-43(26)33(47)31-41-45-20(3)39-16-28(45)49-31)25-12-13-42(29(25)22-8-10-24(11-9-22)34(35,36)37)32(46)30-40-44-19(2)38-15-27(44)48-30/h4-11,15-16,23,25-26,29H,12-14,17H2,1-3H3. The predicted octanol–water partition coefficient (Wildman–Crippen LogP) is 6.95. The number of amides is 2. The highest BCUT2D eigenvalue weighted by Gasteiger charge is 2.48. The van der Waals surface area contributed by atoms with Gasteiger partial charge in [-0.1, -0.05) is 64.6 Å². The quantitative estimate of drug-likeness (QED) is 0.193. The fraction of sp³-hybridized carbons (Fsp3) is 0.353. The topological polar surface area (TPSA) is 101 Å². The van der Waals surface area contributed by atoms with E-state index in [9.17, 15) is 22.8 Å². The molecule has 4 unspecified atom stereocenters. The molecule has 0 saturated carbocycles. The maximum absolute atomic E-state index is 14.2. The van der Waals surface area contributed by atoms with Crippen LogP contribution in [-0.4, -0.2) is 63.9 Å². The van der Waals surface area contributed by atoms with Crippen LogP contribution in [0.1, 0.15) is 78.4 Å². The van der Waals surface area contributed by atoms with Crippen LogP contribution in [0, 0.1) is 32.6 Å². The number of alkyl halides is 3. The van der Waals surface area contributed by atoms with E-state index in [-0.39, 0.29) is 29.7 Å². The molecule has 0 radical (unpaired) electrons. The molecule has 6 aromatic rings. The monoisotopic (exact) mass is 704 g/mol. The number of halogens is 3. The van der Waals surface area contributed by atoms with Crippen LogP contribution in [-0.2, 0) is 6.18 Å². The van der Waals surface area contributed by atoms with Crippen molar-refractivity contribution in [2.45, 2.75) is 51.9 Å². The lowest BCUT2D eigenvalue weighted by Crippen LogP contribution is -2.35. The summed E-state index contributed by atoms with van der Waals surface area (Å²) in [5.74, 6) is 0.724. The minimum absolute atomic E-state index is 0.0481. The summed E-state index contributed by atoms with van der Waals surface area (Å²) >= 11 is 2.53. The lowest BCUT2D eigenvalue weighted by Gasteiger charge is -2.31. The Bertz CT molecular complexity index is 2200. The van der Waals surface area contributed by atoms with Crippen LogP contribution in [0.3, 0.4) is 0 Å². The van der Waals surface area contributed by atoms with Crippen LogP contribution in [0.2, 0.25) is 0 Å². The summed E-state index contributed by atoms with van der Waals surface area (Å²) in [6.45, 7) is 6.48. The van der Waals surface area contributed by atoms with Crippen LogP contribution in [0.25, 0.3) is 9.66 Å². The molecular formula is C34H31F3N8O2S2. The highest BCUT2D eigenvalue weighted by Crippen LogP contribution is 2.49. The Balaban J connectivity index is 1.16. The van der Waals surface area contributed by atoms with Crippen LogP contribution < -0.4 is 0 Å². The zero-order chi connectivity index (χ0) is 34.2. The number of aromatic nitrogens is 6. The van der Waals surface area contributed by atoms with E-state index >= 15 is 0 Å². The molecule has 4 atom stereocenters. The van der Waals surface area contributed by atoms with Crippen molar-refractivity contribution in [1.82, 2.24) is 39.0 Å². The number of benzene rings is 2. The molecule has 4 aromatic heterocycles. The summed E-state index contributed by atoms with van der Waals surface area (Å²) in [7, 11) is 0. The molecule has 8 rings (SSSR count). The van der Waals surface area contributed by atoms with Crippen LogP contribution in [0.5, 0.6) is 0 Å². The van der Waals surface area contributed by atoms with Crippen LogP contribution in [0.4, 0.5) is 13.2 Å². The van der Waals surface area contributed by atoms with Gasteiger partial charge in [-0.2, -0.15) is 13.2 Å². The molecule has 10 nitrogen and oxygen atoms in total. The van der Waals surface area contributed by atoms with Crippen LogP contribution >= 0.6 is 22.7 Å². The summed E-state index contributed by atoms with van der Waals surface area (Å²) in [6.07, 6.45) is 0.147. The van der Waals surface area contributed by atoms with E-state index in [0.29, 0.717) is 53.2 Å². The number of fused-ring (bicyclic) bond motifs is 2. The van der Waals surface area contributed by atoms with Gasteiger partial charge in [0.05, 0.1) is 30.0 Å². The molecule has 2 aliphatic rings. The third-order valence-electron chi connectivity index (χ3n) is 9.85. The Labute approximate surface area is 286 Å². The highest BCUT2D eigenvalue weighted by molar-refractivity contribution is 7.19. The summed E-state index contributed by atoms with van der Waals surface area (Å²) in [5, 5.41) is 9.78. The van der Waals surface area contributed by atoms with Gasteiger partial charge in [0.1, 0.15) is 21.3 Å². The Morgan fingerprint density at radius 2 is 1.33 bits per heavy atom. The van der Waals surface area contributed by atoms with Gasteiger partial charge in [-0.25, -0.2) is 19.0 Å². The molecule has 6 heterocycles. The Morgan fingerprint density at radius 1 is 0.776 bits per heavy atom. The maximum Gasteiger partial charge on any atom is 0.416 e. The van der Waals surface area contributed by atoms with Crippen molar-refractivity contribution < 1.29 is 22.8 Å². The minimum atomic E-state index is -4.48. The van der Waals surface area contributed by atoms with Crippen molar-refractivity contribution in [1.29, 1.82) is 0 Å². The first-order valence-corrected chi connectivity index (χ1v) is 17.6. The smallest absolute Gasteiger partial charge is 0.329 e. The third kappa shape index (κ3) is 5.48. The van der Waals surface area contributed by atoms with E-state index in [2.05, 4.69) is 20.2 Å². The molecule has 2 saturated heterocycles. The zero-order valence-electron chi connectivity index (χ0n) is 26.8. The average molecular weight is 705 g/mol. The van der Waals surface area contributed by atoms with E-state index in [1.54, 1.807) is 33.2 Å². The first kappa shape index (κ1) is 31.6.